The highest BCUT2D eigenvalue weighted by Gasteiger charge is 2.26. The van der Waals surface area contributed by atoms with Gasteiger partial charge in [-0.05, 0) is 43.2 Å². The lowest BCUT2D eigenvalue weighted by atomic mass is 10.1. The summed E-state index contributed by atoms with van der Waals surface area (Å²) in [5, 5.41) is 2.66. The van der Waals surface area contributed by atoms with Gasteiger partial charge in [0.25, 0.3) is 5.91 Å². The Labute approximate surface area is 134 Å². The van der Waals surface area contributed by atoms with E-state index in [9.17, 15) is 9.59 Å². The van der Waals surface area contributed by atoms with Gasteiger partial charge in [0.2, 0.25) is 0 Å². The number of anilines is 2. The summed E-state index contributed by atoms with van der Waals surface area (Å²) in [5.74, 6) is -0.0700. The van der Waals surface area contributed by atoms with Gasteiger partial charge in [-0.25, -0.2) is 4.79 Å². The molecule has 1 aliphatic heterocycles. The van der Waals surface area contributed by atoms with Crippen LogP contribution in [0.3, 0.4) is 0 Å². The molecule has 6 heteroatoms. The molecule has 0 spiro atoms. The average molecular weight is 311 g/mol. The number of pyridine rings is 1. The number of ether oxygens (including phenoxy) is 1. The second kappa shape index (κ2) is 6.48. The van der Waals surface area contributed by atoms with Crippen LogP contribution in [0, 0.1) is 0 Å². The van der Waals surface area contributed by atoms with Gasteiger partial charge >= 0.3 is 6.09 Å². The molecule has 1 N–H and O–H groups in total. The fourth-order valence-corrected chi connectivity index (χ4v) is 2.60. The molecule has 0 fully saturated rings. The quantitative estimate of drug-likeness (QED) is 0.946. The van der Waals surface area contributed by atoms with Gasteiger partial charge in [0.05, 0.1) is 6.61 Å². The zero-order valence-corrected chi connectivity index (χ0v) is 12.8. The lowest BCUT2D eigenvalue weighted by Crippen LogP contribution is -2.28. The summed E-state index contributed by atoms with van der Waals surface area (Å²) < 4.78 is 4.87. The number of nitrogens with one attached hydrogen (secondary N) is 1. The van der Waals surface area contributed by atoms with Crippen molar-refractivity contribution in [2.24, 2.45) is 0 Å². The summed E-state index contributed by atoms with van der Waals surface area (Å²) in [5.41, 5.74) is 3.11. The standard InChI is InChI=1S/C17H17N3O3/c1-2-23-17(22)19-14-4-3-12-7-10-20(15(12)11-14)16(21)13-5-8-18-9-6-13/h3-6,8-9,11H,2,7,10H2,1H3,(H,19,22). The summed E-state index contributed by atoms with van der Waals surface area (Å²) in [4.78, 5) is 29.8. The SMILES string of the molecule is CCOC(=O)Nc1ccc2c(c1)N(C(=O)c1ccncc1)CC2. The highest BCUT2D eigenvalue weighted by molar-refractivity contribution is 6.07. The molecule has 118 valence electrons. The second-order valence-electron chi connectivity index (χ2n) is 5.13. The molecule has 0 unspecified atom stereocenters. The van der Waals surface area contributed by atoms with Crippen molar-refractivity contribution in [3.8, 4) is 0 Å². The molecule has 2 aromatic rings. The molecule has 0 saturated carbocycles. The van der Waals surface area contributed by atoms with Crippen LogP contribution in [0.4, 0.5) is 16.2 Å². The number of carbonyl (C=O) groups is 2. The van der Waals surface area contributed by atoms with E-state index in [2.05, 4.69) is 10.3 Å². The fraction of sp³-hybridized carbons (Fsp3) is 0.235. The van der Waals surface area contributed by atoms with E-state index in [1.54, 1.807) is 42.4 Å². The third kappa shape index (κ3) is 3.15. The van der Waals surface area contributed by atoms with Crippen LogP contribution in [0.5, 0.6) is 0 Å². The number of aromatic nitrogens is 1. The Kier molecular flexibility index (Phi) is 4.23. The van der Waals surface area contributed by atoms with Crippen molar-refractivity contribution >= 4 is 23.4 Å². The Balaban J connectivity index is 1.84. The van der Waals surface area contributed by atoms with E-state index in [1.807, 2.05) is 12.1 Å². The zero-order valence-electron chi connectivity index (χ0n) is 12.8. The highest BCUT2D eigenvalue weighted by Crippen LogP contribution is 2.32. The van der Waals surface area contributed by atoms with Crippen molar-refractivity contribution in [2.45, 2.75) is 13.3 Å². The van der Waals surface area contributed by atoms with Crippen LogP contribution in [0.2, 0.25) is 0 Å². The molecule has 23 heavy (non-hydrogen) atoms. The zero-order chi connectivity index (χ0) is 16.2. The predicted octanol–water partition coefficient (Wildman–Crippen LogP) is 2.85. The molecule has 1 aromatic heterocycles. The predicted molar refractivity (Wildman–Crippen MR) is 86.7 cm³/mol. The Morgan fingerprint density at radius 3 is 2.78 bits per heavy atom. The number of hydrogen-bond donors (Lipinski definition) is 1. The van der Waals surface area contributed by atoms with Crippen molar-refractivity contribution in [3.63, 3.8) is 0 Å². The summed E-state index contributed by atoms with van der Waals surface area (Å²) in [6.07, 6.45) is 3.50. The molecule has 0 aliphatic carbocycles. The molecular weight excluding hydrogens is 294 g/mol. The van der Waals surface area contributed by atoms with Crippen LogP contribution in [0.15, 0.2) is 42.7 Å². The first-order valence-corrected chi connectivity index (χ1v) is 7.47. The van der Waals surface area contributed by atoms with E-state index >= 15 is 0 Å². The topological polar surface area (TPSA) is 71.5 Å². The number of hydrogen-bond acceptors (Lipinski definition) is 4. The smallest absolute Gasteiger partial charge is 0.411 e. The van der Waals surface area contributed by atoms with Gasteiger partial charge in [0.1, 0.15) is 0 Å². The molecule has 0 atom stereocenters. The number of carbonyl (C=O) groups excluding carboxylic acids is 2. The number of benzene rings is 1. The van der Waals surface area contributed by atoms with Crippen molar-refractivity contribution < 1.29 is 14.3 Å². The Hall–Kier alpha value is -2.89. The average Bonchev–Trinajstić information content (AvgIpc) is 2.98. The number of rotatable bonds is 3. The minimum absolute atomic E-state index is 0.0700. The summed E-state index contributed by atoms with van der Waals surface area (Å²) in [6, 6.07) is 8.94. The monoisotopic (exact) mass is 311 g/mol. The second-order valence-corrected chi connectivity index (χ2v) is 5.13. The molecule has 0 saturated heterocycles. The summed E-state index contributed by atoms with van der Waals surface area (Å²) in [7, 11) is 0. The molecular formula is C17H17N3O3. The Morgan fingerprint density at radius 2 is 2.04 bits per heavy atom. The molecule has 0 radical (unpaired) electrons. The largest absolute Gasteiger partial charge is 0.450 e. The van der Waals surface area contributed by atoms with E-state index in [0.29, 0.717) is 24.4 Å². The van der Waals surface area contributed by atoms with Crippen molar-refractivity contribution in [3.05, 3.63) is 53.9 Å². The Bertz CT molecular complexity index is 731. The fourth-order valence-electron chi connectivity index (χ4n) is 2.60. The molecule has 3 rings (SSSR count). The third-order valence-corrected chi connectivity index (χ3v) is 3.68. The van der Waals surface area contributed by atoms with Crippen molar-refractivity contribution in [1.29, 1.82) is 0 Å². The maximum Gasteiger partial charge on any atom is 0.411 e. The highest BCUT2D eigenvalue weighted by atomic mass is 16.5. The van der Waals surface area contributed by atoms with Crippen LogP contribution in [0.1, 0.15) is 22.8 Å². The van der Waals surface area contributed by atoms with Gasteiger partial charge in [-0.3, -0.25) is 15.1 Å². The summed E-state index contributed by atoms with van der Waals surface area (Å²) >= 11 is 0. The van der Waals surface area contributed by atoms with Crippen molar-refractivity contribution in [2.75, 3.05) is 23.4 Å². The molecule has 1 aliphatic rings. The molecule has 2 heterocycles. The third-order valence-electron chi connectivity index (χ3n) is 3.68. The number of amides is 2. The van der Waals surface area contributed by atoms with Gasteiger partial charge < -0.3 is 9.64 Å². The van der Waals surface area contributed by atoms with E-state index in [0.717, 1.165) is 17.7 Å². The maximum absolute atomic E-state index is 12.6. The number of fused-ring (bicyclic) bond motifs is 1. The van der Waals surface area contributed by atoms with Crippen LogP contribution in [0.25, 0.3) is 0 Å². The van der Waals surface area contributed by atoms with E-state index in [1.165, 1.54) is 0 Å². The van der Waals surface area contributed by atoms with Crippen molar-refractivity contribution in [1.82, 2.24) is 4.98 Å². The number of nitrogens with zero attached hydrogens (tertiary/aromatic N) is 2. The maximum atomic E-state index is 12.6. The van der Waals surface area contributed by atoms with E-state index in [-0.39, 0.29) is 5.91 Å². The van der Waals surface area contributed by atoms with Gasteiger partial charge in [-0.15, -0.1) is 0 Å². The lowest BCUT2D eigenvalue weighted by molar-refractivity contribution is 0.0989. The van der Waals surface area contributed by atoms with E-state index in [4.69, 9.17) is 4.74 Å². The summed E-state index contributed by atoms with van der Waals surface area (Å²) in [6.45, 7) is 2.68. The first kappa shape index (κ1) is 15.0. The van der Waals surface area contributed by atoms with Crippen LogP contribution < -0.4 is 10.2 Å². The first-order chi connectivity index (χ1) is 11.2. The lowest BCUT2D eigenvalue weighted by Gasteiger charge is -2.18. The molecule has 0 bridgehead atoms. The van der Waals surface area contributed by atoms with Gasteiger partial charge in [0, 0.05) is 35.9 Å². The molecule has 6 nitrogen and oxygen atoms in total. The van der Waals surface area contributed by atoms with Crippen LogP contribution in [-0.2, 0) is 11.2 Å². The van der Waals surface area contributed by atoms with Gasteiger partial charge in [-0.2, -0.15) is 0 Å². The van der Waals surface area contributed by atoms with E-state index < -0.39 is 6.09 Å². The molecule has 2 amide bonds. The molecule has 1 aromatic carbocycles. The van der Waals surface area contributed by atoms with Crippen LogP contribution in [-0.4, -0.2) is 30.1 Å². The minimum atomic E-state index is -0.502. The normalized spacial score (nSPS) is 12.7. The van der Waals surface area contributed by atoms with Gasteiger partial charge in [-0.1, -0.05) is 6.07 Å². The Morgan fingerprint density at radius 1 is 1.26 bits per heavy atom. The first-order valence-electron chi connectivity index (χ1n) is 7.47. The minimum Gasteiger partial charge on any atom is -0.450 e. The van der Waals surface area contributed by atoms with Crippen LogP contribution >= 0.6 is 0 Å². The van der Waals surface area contributed by atoms with Gasteiger partial charge in [0.15, 0.2) is 0 Å².